The molecule has 0 amide bonds. The lowest BCUT2D eigenvalue weighted by atomic mass is 10.2. The van der Waals surface area contributed by atoms with E-state index in [1.807, 2.05) is 30.3 Å². The van der Waals surface area contributed by atoms with Gasteiger partial charge in [-0.1, -0.05) is 18.2 Å². The summed E-state index contributed by atoms with van der Waals surface area (Å²) in [7, 11) is 1.59. The quantitative estimate of drug-likeness (QED) is 0.544. The molecule has 1 aliphatic heterocycles. The van der Waals surface area contributed by atoms with Gasteiger partial charge in [-0.05, 0) is 36.4 Å². The average molecular weight is 319 g/mol. The zero-order chi connectivity index (χ0) is 16.5. The van der Waals surface area contributed by atoms with Crippen molar-refractivity contribution in [3.05, 3.63) is 71.6 Å². The maximum absolute atomic E-state index is 12.0. The van der Waals surface area contributed by atoms with Crippen LogP contribution in [0.15, 0.2) is 69.7 Å². The highest BCUT2D eigenvalue weighted by atomic mass is 16.6. The molecule has 2 heterocycles. The molecule has 0 N–H and O–H groups in total. The Labute approximate surface area is 137 Å². The van der Waals surface area contributed by atoms with Gasteiger partial charge in [0.25, 0.3) is 0 Å². The highest BCUT2D eigenvalue weighted by Crippen LogP contribution is 2.24. The molecule has 0 saturated heterocycles. The van der Waals surface area contributed by atoms with Crippen LogP contribution >= 0.6 is 0 Å². The van der Waals surface area contributed by atoms with Crippen molar-refractivity contribution in [2.75, 3.05) is 7.11 Å². The second-order valence-electron chi connectivity index (χ2n) is 5.25. The van der Waals surface area contributed by atoms with Crippen LogP contribution in [0.1, 0.15) is 11.3 Å². The van der Waals surface area contributed by atoms with Crippen molar-refractivity contribution in [1.82, 2.24) is 0 Å². The summed E-state index contributed by atoms with van der Waals surface area (Å²) in [5.41, 5.74) is 1.67. The van der Waals surface area contributed by atoms with Crippen LogP contribution in [-0.2, 0) is 9.53 Å². The number of rotatable bonds is 3. The number of hydrogen-bond acceptors (Lipinski definition) is 5. The second kappa shape index (κ2) is 5.70. The van der Waals surface area contributed by atoms with E-state index in [0.29, 0.717) is 11.3 Å². The van der Waals surface area contributed by atoms with E-state index in [1.54, 1.807) is 37.5 Å². The van der Waals surface area contributed by atoms with Gasteiger partial charge in [0.2, 0.25) is 5.90 Å². The fourth-order valence-corrected chi connectivity index (χ4v) is 2.47. The summed E-state index contributed by atoms with van der Waals surface area (Å²) >= 11 is 0. The molecule has 1 aliphatic rings. The van der Waals surface area contributed by atoms with Crippen molar-refractivity contribution < 1.29 is 18.7 Å². The fourth-order valence-electron chi connectivity index (χ4n) is 2.47. The number of aliphatic imine (C=N–C) groups is 1. The number of benzene rings is 2. The maximum atomic E-state index is 12.0. The van der Waals surface area contributed by atoms with Crippen LogP contribution in [0.4, 0.5) is 0 Å². The first-order chi connectivity index (χ1) is 11.7. The molecule has 0 spiro atoms. The summed E-state index contributed by atoms with van der Waals surface area (Å²) in [5, 5.41) is 0.968. The van der Waals surface area contributed by atoms with Crippen LogP contribution in [0.5, 0.6) is 5.75 Å². The number of cyclic esters (lactones) is 1. The molecule has 0 radical (unpaired) electrons. The minimum Gasteiger partial charge on any atom is -0.497 e. The van der Waals surface area contributed by atoms with Crippen molar-refractivity contribution >= 4 is 28.9 Å². The maximum Gasteiger partial charge on any atom is 0.363 e. The van der Waals surface area contributed by atoms with E-state index in [2.05, 4.69) is 4.99 Å². The smallest absolute Gasteiger partial charge is 0.363 e. The van der Waals surface area contributed by atoms with Crippen LogP contribution < -0.4 is 4.74 Å². The molecule has 0 fully saturated rings. The third-order valence-corrected chi connectivity index (χ3v) is 3.68. The summed E-state index contributed by atoms with van der Waals surface area (Å²) in [6, 6.07) is 16.6. The fraction of sp³-hybridized carbons (Fsp3) is 0.0526. The molecular formula is C19H13NO4. The van der Waals surface area contributed by atoms with Crippen molar-refractivity contribution in [3.63, 3.8) is 0 Å². The molecule has 4 rings (SSSR count). The molecule has 0 saturated carbocycles. The number of furan rings is 1. The average Bonchev–Trinajstić information content (AvgIpc) is 3.18. The molecule has 24 heavy (non-hydrogen) atoms. The minimum atomic E-state index is -0.499. The standard InChI is InChI=1S/C19H13NO4/c1-22-14-8-6-12(7-9-14)18-20-16(19(21)24-18)11-15-10-13-4-2-3-5-17(13)23-15/h2-11H,1H3. The molecule has 1 aromatic heterocycles. The van der Waals surface area contributed by atoms with Gasteiger partial charge in [0.05, 0.1) is 7.11 Å². The van der Waals surface area contributed by atoms with Crippen LogP contribution in [0, 0.1) is 0 Å². The Morgan fingerprint density at radius 1 is 1.08 bits per heavy atom. The summed E-state index contributed by atoms with van der Waals surface area (Å²) in [5.74, 6) is 1.05. The highest BCUT2D eigenvalue weighted by molar-refractivity contribution is 6.12. The van der Waals surface area contributed by atoms with Crippen LogP contribution in [0.2, 0.25) is 0 Å². The number of carbonyl (C=O) groups excluding carboxylic acids is 1. The number of para-hydroxylation sites is 1. The Morgan fingerprint density at radius 2 is 1.88 bits per heavy atom. The molecule has 0 aliphatic carbocycles. The molecule has 118 valence electrons. The third-order valence-electron chi connectivity index (χ3n) is 3.68. The zero-order valence-corrected chi connectivity index (χ0v) is 12.9. The predicted octanol–water partition coefficient (Wildman–Crippen LogP) is 3.79. The highest BCUT2D eigenvalue weighted by Gasteiger charge is 2.24. The van der Waals surface area contributed by atoms with Gasteiger partial charge < -0.3 is 13.9 Å². The van der Waals surface area contributed by atoms with Crippen molar-refractivity contribution in [2.24, 2.45) is 4.99 Å². The Hall–Kier alpha value is -3.34. The number of hydrogen-bond donors (Lipinski definition) is 0. The molecule has 2 aromatic carbocycles. The number of carbonyl (C=O) groups is 1. The zero-order valence-electron chi connectivity index (χ0n) is 12.9. The molecule has 0 atom stereocenters. The monoisotopic (exact) mass is 319 g/mol. The largest absolute Gasteiger partial charge is 0.497 e. The van der Waals surface area contributed by atoms with Crippen molar-refractivity contribution in [2.45, 2.75) is 0 Å². The van der Waals surface area contributed by atoms with Gasteiger partial charge in [-0.2, -0.15) is 0 Å². The van der Waals surface area contributed by atoms with Gasteiger partial charge in [0.1, 0.15) is 17.1 Å². The lowest BCUT2D eigenvalue weighted by molar-refractivity contribution is -0.129. The topological polar surface area (TPSA) is 61.0 Å². The normalized spacial score (nSPS) is 15.6. The SMILES string of the molecule is COc1ccc(C2=NC(=Cc3cc4ccccc4o3)C(=O)O2)cc1. The Kier molecular flexibility index (Phi) is 3.39. The van der Waals surface area contributed by atoms with Gasteiger partial charge in [0, 0.05) is 17.0 Å². The summed E-state index contributed by atoms with van der Waals surface area (Å²) in [4.78, 5) is 16.3. The Balaban J connectivity index is 1.67. The lowest BCUT2D eigenvalue weighted by Gasteiger charge is -2.01. The van der Waals surface area contributed by atoms with Gasteiger partial charge in [-0.3, -0.25) is 0 Å². The van der Waals surface area contributed by atoms with E-state index in [-0.39, 0.29) is 11.6 Å². The first-order valence-electron chi connectivity index (χ1n) is 7.38. The first-order valence-corrected chi connectivity index (χ1v) is 7.38. The molecular weight excluding hydrogens is 306 g/mol. The summed E-state index contributed by atoms with van der Waals surface area (Å²) in [6.07, 6.45) is 1.58. The van der Waals surface area contributed by atoms with E-state index in [0.717, 1.165) is 16.7 Å². The molecule has 0 unspecified atom stereocenters. The minimum absolute atomic E-state index is 0.208. The van der Waals surface area contributed by atoms with Crippen LogP contribution in [0.25, 0.3) is 17.0 Å². The Bertz CT molecular complexity index is 947. The van der Waals surface area contributed by atoms with Crippen LogP contribution in [0.3, 0.4) is 0 Å². The van der Waals surface area contributed by atoms with E-state index in [1.165, 1.54) is 0 Å². The summed E-state index contributed by atoms with van der Waals surface area (Å²) < 4.78 is 16.0. The van der Waals surface area contributed by atoms with E-state index in [4.69, 9.17) is 13.9 Å². The van der Waals surface area contributed by atoms with Crippen molar-refractivity contribution in [3.8, 4) is 5.75 Å². The Morgan fingerprint density at radius 3 is 2.62 bits per heavy atom. The number of ether oxygens (including phenoxy) is 2. The van der Waals surface area contributed by atoms with Crippen LogP contribution in [-0.4, -0.2) is 19.0 Å². The molecule has 0 bridgehead atoms. The number of esters is 1. The number of methoxy groups -OCH3 is 1. The molecule has 5 nitrogen and oxygen atoms in total. The summed E-state index contributed by atoms with van der Waals surface area (Å²) in [6.45, 7) is 0. The predicted molar refractivity (Wildman–Crippen MR) is 89.8 cm³/mol. The van der Waals surface area contributed by atoms with Gasteiger partial charge in [-0.15, -0.1) is 0 Å². The molecule has 3 aromatic rings. The van der Waals surface area contributed by atoms with E-state index >= 15 is 0 Å². The lowest BCUT2D eigenvalue weighted by Crippen LogP contribution is -2.05. The van der Waals surface area contributed by atoms with Crippen molar-refractivity contribution in [1.29, 1.82) is 0 Å². The molecule has 5 heteroatoms. The van der Waals surface area contributed by atoms with Gasteiger partial charge in [-0.25, -0.2) is 9.79 Å². The van der Waals surface area contributed by atoms with Gasteiger partial charge >= 0.3 is 5.97 Å². The van der Waals surface area contributed by atoms with Gasteiger partial charge in [0.15, 0.2) is 5.70 Å². The van der Waals surface area contributed by atoms with E-state index in [9.17, 15) is 4.79 Å². The first kappa shape index (κ1) is 14.3. The second-order valence-corrected chi connectivity index (χ2v) is 5.25. The number of fused-ring (bicyclic) bond motifs is 1. The van der Waals surface area contributed by atoms with E-state index < -0.39 is 5.97 Å². The number of nitrogens with zero attached hydrogens (tertiary/aromatic N) is 1. The third kappa shape index (κ3) is 2.56.